The monoisotopic (exact) mass is 715 g/mol. The van der Waals surface area contributed by atoms with Gasteiger partial charge in [0.15, 0.2) is 17.5 Å². The standard InChI is InChI=1S/C51H33N5/c1-4-15-34(16-5-1)49-52-50(35-17-6-2-7-18-35)54-51(53-49)38-19-14-22-40(31-38)56-46-26-13-11-24-42(46)44-32-36(28-30-47(44)56)37-27-29-43-41-23-10-12-25-45(41)55(48(43)33-37)39-20-8-3-9-21-39/h1-33H. The Balaban J connectivity index is 1.06. The zero-order valence-electron chi connectivity index (χ0n) is 30.3. The van der Waals surface area contributed by atoms with E-state index in [1.54, 1.807) is 0 Å². The fourth-order valence-corrected chi connectivity index (χ4v) is 8.16. The molecule has 0 amide bonds. The largest absolute Gasteiger partial charge is 0.309 e. The molecule has 8 aromatic carbocycles. The molecule has 11 rings (SSSR count). The van der Waals surface area contributed by atoms with Crippen molar-refractivity contribution in [3.8, 4) is 56.7 Å². The number of hydrogen-bond donors (Lipinski definition) is 0. The lowest BCUT2D eigenvalue weighted by Gasteiger charge is -2.12. The molecule has 3 heterocycles. The lowest BCUT2D eigenvalue weighted by Crippen LogP contribution is -2.01. The molecule has 56 heavy (non-hydrogen) atoms. The summed E-state index contributed by atoms with van der Waals surface area (Å²) < 4.78 is 4.73. The van der Waals surface area contributed by atoms with Crippen LogP contribution >= 0.6 is 0 Å². The van der Waals surface area contributed by atoms with Crippen molar-refractivity contribution in [1.29, 1.82) is 0 Å². The number of benzene rings is 8. The zero-order chi connectivity index (χ0) is 37.0. The predicted octanol–water partition coefficient (Wildman–Crippen LogP) is 12.7. The average Bonchev–Trinajstić information content (AvgIpc) is 3.79. The topological polar surface area (TPSA) is 48.5 Å². The summed E-state index contributed by atoms with van der Waals surface area (Å²) in [6, 6.07) is 70.5. The second-order valence-corrected chi connectivity index (χ2v) is 14.1. The molecular weight excluding hydrogens is 683 g/mol. The van der Waals surface area contributed by atoms with Gasteiger partial charge in [-0.15, -0.1) is 0 Å². The highest BCUT2D eigenvalue weighted by atomic mass is 15.0. The van der Waals surface area contributed by atoms with Crippen LogP contribution in [0.4, 0.5) is 0 Å². The molecule has 0 radical (unpaired) electrons. The van der Waals surface area contributed by atoms with Crippen molar-refractivity contribution in [2.24, 2.45) is 0 Å². The van der Waals surface area contributed by atoms with Crippen molar-refractivity contribution in [1.82, 2.24) is 24.1 Å². The maximum Gasteiger partial charge on any atom is 0.164 e. The smallest absolute Gasteiger partial charge is 0.164 e. The van der Waals surface area contributed by atoms with E-state index in [1.165, 1.54) is 43.7 Å². The number of fused-ring (bicyclic) bond motifs is 6. The van der Waals surface area contributed by atoms with Crippen LogP contribution in [0.25, 0.3) is 100 Å². The number of aromatic nitrogens is 5. The van der Waals surface area contributed by atoms with Crippen molar-refractivity contribution >= 4 is 43.6 Å². The first-order valence-electron chi connectivity index (χ1n) is 18.9. The van der Waals surface area contributed by atoms with Gasteiger partial charge in [0.05, 0.1) is 22.1 Å². The molecule has 5 nitrogen and oxygen atoms in total. The van der Waals surface area contributed by atoms with Crippen molar-refractivity contribution < 1.29 is 0 Å². The summed E-state index contributed by atoms with van der Waals surface area (Å²) in [5.74, 6) is 1.92. The Morgan fingerprint density at radius 1 is 0.250 bits per heavy atom. The molecule has 0 N–H and O–H groups in total. The van der Waals surface area contributed by atoms with Crippen LogP contribution < -0.4 is 0 Å². The van der Waals surface area contributed by atoms with Gasteiger partial charge in [0.2, 0.25) is 0 Å². The van der Waals surface area contributed by atoms with Crippen molar-refractivity contribution in [3.05, 3.63) is 200 Å². The Morgan fingerprint density at radius 3 is 1.36 bits per heavy atom. The maximum atomic E-state index is 5.02. The van der Waals surface area contributed by atoms with Crippen LogP contribution in [0.15, 0.2) is 200 Å². The van der Waals surface area contributed by atoms with E-state index in [2.05, 4.69) is 149 Å². The Morgan fingerprint density at radius 2 is 0.696 bits per heavy atom. The molecule has 3 aromatic heterocycles. The maximum absolute atomic E-state index is 5.02. The molecule has 0 saturated heterocycles. The van der Waals surface area contributed by atoms with Gasteiger partial charge in [-0.25, -0.2) is 15.0 Å². The van der Waals surface area contributed by atoms with E-state index >= 15 is 0 Å². The minimum atomic E-state index is 0.630. The first-order valence-corrected chi connectivity index (χ1v) is 18.9. The Bertz CT molecular complexity index is 3180. The van der Waals surface area contributed by atoms with Gasteiger partial charge in [-0.3, -0.25) is 0 Å². The third kappa shape index (κ3) is 5.29. The highest BCUT2D eigenvalue weighted by Crippen LogP contribution is 2.38. The number of rotatable bonds is 6. The molecule has 0 atom stereocenters. The van der Waals surface area contributed by atoms with E-state index < -0.39 is 0 Å². The molecule has 11 aromatic rings. The third-order valence-corrected chi connectivity index (χ3v) is 10.8. The molecule has 5 heteroatoms. The van der Waals surface area contributed by atoms with Crippen molar-refractivity contribution in [2.75, 3.05) is 0 Å². The van der Waals surface area contributed by atoms with Gasteiger partial charge >= 0.3 is 0 Å². The van der Waals surface area contributed by atoms with Crippen LogP contribution in [0.2, 0.25) is 0 Å². The first kappa shape index (κ1) is 31.9. The van der Waals surface area contributed by atoms with Crippen LogP contribution in [-0.2, 0) is 0 Å². The lowest BCUT2D eigenvalue weighted by molar-refractivity contribution is 1.07. The van der Waals surface area contributed by atoms with Gasteiger partial charge in [0.1, 0.15) is 0 Å². The van der Waals surface area contributed by atoms with E-state index in [-0.39, 0.29) is 0 Å². The number of hydrogen-bond acceptors (Lipinski definition) is 3. The molecule has 0 fully saturated rings. The van der Waals surface area contributed by atoms with E-state index in [9.17, 15) is 0 Å². The highest BCUT2D eigenvalue weighted by Gasteiger charge is 2.18. The minimum Gasteiger partial charge on any atom is -0.309 e. The summed E-state index contributed by atoms with van der Waals surface area (Å²) in [4.78, 5) is 14.9. The third-order valence-electron chi connectivity index (χ3n) is 10.8. The molecule has 0 aliphatic heterocycles. The molecule has 262 valence electrons. The summed E-state index contributed by atoms with van der Waals surface area (Å²) >= 11 is 0. The van der Waals surface area contributed by atoms with Gasteiger partial charge in [-0.2, -0.15) is 0 Å². The van der Waals surface area contributed by atoms with Crippen LogP contribution in [0.5, 0.6) is 0 Å². The number of para-hydroxylation sites is 3. The molecule has 0 saturated carbocycles. The summed E-state index contributed by atoms with van der Waals surface area (Å²) in [6.07, 6.45) is 0. The zero-order valence-corrected chi connectivity index (χ0v) is 30.3. The molecule has 0 aliphatic carbocycles. The second-order valence-electron chi connectivity index (χ2n) is 14.1. The fourth-order valence-electron chi connectivity index (χ4n) is 8.16. The Hall–Kier alpha value is -7.63. The number of nitrogens with zero attached hydrogens (tertiary/aromatic N) is 5. The first-order chi connectivity index (χ1) is 27.8. The van der Waals surface area contributed by atoms with E-state index in [0.717, 1.165) is 39.1 Å². The Labute approximate surface area is 323 Å². The van der Waals surface area contributed by atoms with Crippen LogP contribution in [0, 0.1) is 0 Å². The van der Waals surface area contributed by atoms with Crippen molar-refractivity contribution in [3.63, 3.8) is 0 Å². The minimum absolute atomic E-state index is 0.630. The summed E-state index contributed by atoms with van der Waals surface area (Å²) in [7, 11) is 0. The molecule has 0 spiro atoms. The van der Waals surface area contributed by atoms with Gasteiger partial charge in [-0.1, -0.05) is 146 Å². The van der Waals surface area contributed by atoms with Crippen molar-refractivity contribution in [2.45, 2.75) is 0 Å². The molecule has 0 unspecified atom stereocenters. The molecular formula is C51H33N5. The normalized spacial score (nSPS) is 11.6. The summed E-state index contributed by atoms with van der Waals surface area (Å²) in [5, 5.41) is 4.90. The van der Waals surface area contributed by atoms with Gasteiger partial charge in [0.25, 0.3) is 0 Å². The van der Waals surface area contributed by atoms with E-state index in [4.69, 9.17) is 15.0 Å². The van der Waals surface area contributed by atoms with Crippen LogP contribution in [0.1, 0.15) is 0 Å². The van der Waals surface area contributed by atoms with E-state index in [0.29, 0.717) is 17.5 Å². The summed E-state index contributed by atoms with van der Waals surface area (Å²) in [6.45, 7) is 0. The van der Waals surface area contributed by atoms with Gasteiger partial charge < -0.3 is 9.13 Å². The lowest BCUT2D eigenvalue weighted by atomic mass is 10.0. The molecule has 0 bridgehead atoms. The molecule has 0 aliphatic rings. The fraction of sp³-hybridized carbons (Fsp3) is 0. The summed E-state index contributed by atoms with van der Waals surface area (Å²) in [5.41, 5.74) is 12.0. The average molecular weight is 716 g/mol. The van der Waals surface area contributed by atoms with Gasteiger partial charge in [-0.05, 0) is 65.7 Å². The van der Waals surface area contributed by atoms with Crippen LogP contribution in [-0.4, -0.2) is 24.1 Å². The Kier molecular flexibility index (Phi) is 7.42. The van der Waals surface area contributed by atoms with E-state index in [1.807, 2.05) is 60.7 Å². The second kappa shape index (κ2) is 13.0. The quantitative estimate of drug-likeness (QED) is 0.172. The highest BCUT2D eigenvalue weighted by molar-refractivity contribution is 6.12. The van der Waals surface area contributed by atoms with Gasteiger partial charge in [0, 0.05) is 49.6 Å². The predicted molar refractivity (Wildman–Crippen MR) is 230 cm³/mol. The van der Waals surface area contributed by atoms with Crippen LogP contribution in [0.3, 0.4) is 0 Å². The SMILES string of the molecule is c1ccc(-c2nc(-c3ccccc3)nc(-c3cccc(-n4c5ccccc5c5cc(-c6ccc7c8ccccc8n(-c8ccccc8)c7c6)ccc54)c3)n2)cc1.